The van der Waals surface area contributed by atoms with Crippen LogP contribution in [-0.2, 0) is 5.41 Å². The first-order chi connectivity index (χ1) is 26.5. The molecule has 4 aliphatic rings. The molecule has 12 rings (SSSR count). The lowest BCUT2D eigenvalue weighted by Crippen LogP contribution is -2.46. The number of nitrogens with zero attached hydrogens (tertiary/aromatic N) is 2. The molecule has 2 atom stereocenters. The summed E-state index contributed by atoms with van der Waals surface area (Å²) in [7, 11) is 0. The van der Waals surface area contributed by atoms with Crippen molar-refractivity contribution in [2.75, 3.05) is 4.90 Å². The maximum atomic E-state index is 2.57. The van der Waals surface area contributed by atoms with Gasteiger partial charge in [-0.3, -0.25) is 0 Å². The Morgan fingerprint density at radius 3 is 2.02 bits per heavy atom. The van der Waals surface area contributed by atoms with Crippen LogP contribution in [0.4, 0.5) is 17.1 Å². The van der Waals surface area contributed by atoms with E-state index in [1.54, 1.807) is 0 Å². The van der Waals surface area contributed by atoms with E-state index in [1.165, 1.54) is 104 Å². The zero-order valence-corrected chi connectivity index (χ0v) is 30.8. The first-order valence-electron chi connectivity index (χ1n) is 19.8. The molecule has 1 aromatic heterocycles. The molecule has 0 amide bonds. The maximum absolute atomic E-state index is 2.57. The summed E-state index contributed by atoms with van der Waals surface area (Å²) >= 11 is 0. The van der Waals surface area contributed by atoms with Gasteiger partial charge in [-0.2, -0.15) is 0 Å². The van der Waals surface area contributed by atoms with Crippen LogP contribution in [0, 0.1) is 17.3 Å². The molecule has 8 aromatic rings. The summed E-state index contributed by atoms with van der Waals surface area (Å²) in [6, 6.07) is 60.8. The van der Waals surface area contributed by atoms with Crippen LogP contribution in [0.2, 0.25) is 0 Å². The lowest BCUT2D eigenvalue weighted by molar-refractivity contribution is 0.0314. The van der Waals surface area contributed by atoms with E-state index in [2.05, 4.69) is 192 Å². The minimum atomic E-state index is 0.251. The van der Waals surface area contributed by atoms with Gasteiger partial charge in [0.25, 0.3) is 0 Å². The summed E-state index contributed by atoms with van der Waals surface area (Å²) in [5.41, 5.74) is 11.8. The van der Waals surface area contributed by atoms with Crippen LogP contribution in [0.3, 0.4) is 0 Å². The third-order valence-electron chi connectivity index (χ3n) is 13.1. The summed E-state index contributed by atoms with van der Waals surface area (Å²) in [5.74, 6) is 1.40. The fourth-order valence-corrected chi connectivity index (χ4v) is 11.3. The molecular formula is C52H44N2. The molecule has 2 saturated carbocycles. The molecule has 0 N–H and O–H groups in total. The third-order valence-corrected chi connectivity index (χ3v) is 13.1. The van der Waals surface area contributed by atoms with Crippen molar-refractivity contribution in [1.82, 2.24) is 4.57 Å². The zero-order valence-electron chi connectivity index (χ0n) is 30.8. The first-order valence-corrected chi connectivity index (χ1v) is 19.8. The van der Waals surface area contributed by atoms with Gasteiger partial charge in [-0.05, 0) is 143 Å². The number of rotatable bonds is 6. The van der Waals surface area contributed by atoms with Gasteiger partial charge in [0.2, 0.25) is 0 Å². The molecule has 0 unspecified atom stereocenters. The van der Waals surface area contributed by atoms with Gasteiger partial charge < -0.3 is 9.47 Å². The predicted molar refractivity (Wildman–Crippen MR) is 227 cm³/mol. The number of fused-ring (bicyclic) bond motifs is 5. The molecule has 1 heterocycles. The average Bonchev–Trinajstić information content (AvgIpc) is 3.42. The van der Waals surface area contributed by atoms with E-state index in [0.29, 0.717) is 17.3 Å². The number of anilines is 3. The van der Waals surface area contributed by atoms with E-state index in [9.17, 15) is 0 Å². The quantitative estimate of drug-likeness (QED) is 0.157. The summed E-state index contributed by atoms with van der Waals surface area (Å²) in [6.45, 7) is 2.56. The summed E-state index contributed by atoms with van der Waals surface area (Å²) in [4.78, 5) is 2.44. The highest BCUT2D eigenvalue weighted by molar-refractivity contribution is 6.21. The van der Waals surface area contributed by atoms with Gasteiger partial charge in [0.1, 0.15) is 0 Å². The number of hydrogen-bond donors (Lipinski definition) is 0. The Morgan fingerprint density at radius 1 is 0.519 bits per heavy atom. The van der Waals surface area contributed by atoms with Gasteiger partial charge in [0.15, 0.2) is 0 Å². The molecule has 262 valence electrons. The molecule has 54 heavy (non-hydrogen) atoms. The van der Waals surface area contributed by atoms with Crippen molar-refractivity contribution in [2.45, 2.75) is 44.4 Å². The van der Waals surface area contributed by atoms with Crippen molar-refractivity contribution in [3.8, 4) is 16.8 Å². The molecule has 7 aromatic carbocycles. The molecule has 2 fully saturated rings. The van der Waals surface area contributed by atoms with Crippen molar-refractivity contribution in [3.05, 3.63) is 182 Å². The van der Waals surface area contributed by atoms with Crippen molar-refractivity contribution in [1.29, 1.82) is 0 Å². The Labute approximate surface area is 318 Å². The van der Waals surface area contributed by atoms with E-state index < -0.39 is 0 Å². The average molecular weight is 697 g/mol. The summed E-state index contributed by atoms with van der Waals surface area (Å²) in [6.07, 6.45) is 11.7. The molecule has 4 bridgehead atoms. The number of hydrogen-bond acceptors (Lipinski definition) is 1. The van der Waals surface area contributed by atoms with E-state index in [1.807, 2.05) is 0 Å². The lowest BCUT2D eigenvalue weighted by atomic mass is 9.50. The Bertz CT molecular complexity index is 2710. The molecule has 0 saturated heterocycles. The van der Waals surface area contributed by atoms with Crippen LogP contribution in [0.5, 0.6) is 0 Å². The normalized spacial score (nSPS) is 23.0. The molecular weight excluding hydrogens is 653 g/mol. The topological polar surface area (TPSA) is 8.17 Å². The Balaban J connectivity index is 0.976. The second-order valence-corrected chi connectivity index (χ2v) is 16.8. The fraction of sp³-hybridized carbons (Fsp3) is 0.192. The monoisotopic (exact) mass is 696 g/mol. The minimum absolute atomic E-state index is 0.251. The van der Waals surface area contributed by atoms with E-state index in [-0.39, 0.29) is 5.41 Å². The standard InChI is InChI=1S/C52H44N2/c1-51-31-36-21-22-37(32-51)34-52(33-36,35-51)41-13-10-17-45(30-41)53(42-14-3-2-4-15-42)43-26-23-38(24-27-43)40-12-9-16-44(29-40)54-48-20-8-7-19-47(48)50-46-18-6-5-11-39(46)25-28-49(50)54/h2-30,36-37H,31-35H2,1H3/t36-,37-,51?,52?/m0/s1. The molecule has 2 heteroatoms. The number of aromatic nitrogens is 1. The van der Waals surface area contributed by atoms with Crippen LogP contribution in [-0.4, -0.2) is 4.57 Å². The smallest absolute Gasteiger partial charge is 0.0547 e. The summed E-state index contributed by atoms with van der Waals surface area (Å²) < 4.78 is 2.43. The third kappa shape index (κ3) is 5.07. The van der Waals surface area contributed by atoms with Gasteiger partial charge in [0, 0.05) is 33.5 Å². The van der Waals surface area contributed by atoms with Crippen molar-refractivity contribution in [2.24, 2.45) is 17.3 Å². The van der Waals surface area contributed by atoms with Crippen LogP contribution >= 0.6 is 0 Å². The molecule has 0 aliphatic heterocycles. The molecule has 4 aliphatic carbocycles. The zero-order chi connectivity index (χ0) is 35.9. The van der Waals surface area contributed by atoms with Gasteiger partial charge in [0.05, 0.1) is 11.0 Å². The van der Waals surface area contributed by atoms with Gasteiger partial charge >= 0.3 is 0 Å². The highest BCUT2D eigenvalue weighted by atomic mass is 15.1. The van der Waals surface area contributed by atoms with Crippen LogP contribution < -0.4 is 4.90 Å². The Hall–Kier alpha value is -5.86. The highest BCUT2D eigenvalue weighted by Crippen LogP contribution is 2.62. The van der Waals surface area contributed by atoms with Crippen molar-refractivity contribution >= 4 is 49.6 Å². The van der Waals surface area contributed by atoms with Crippen molar-refractivity contribution in [3.63, 3.8) is 0 Å². The van der Waals surface area contributed by atoms with Crippen LogP contribution in [0.1, 0.15) is 44.6 Å². The first kappa shape index (κ1) is 31.6. The second kappa shape index (κ2) is 12.1. The Morgan fingerprint density at radius 2 is 1.20 bits per heavy atom. The minimum Gasteiger partial charge on any atom is -0.310 e. The highest BCUT2D eigenvalue weighted by Gasteiger charge is 2.52. The SMILES string of the molecule is CC12C[C@@H]3C=C[C@@H](C1)CC(c1cccc(N(c4ccccc4)c4ccc(-c5cccc(-n6c7ccccc7c7c8ccccc8ccc76)c5)cc4)c1)(C3)C2. The van der Waals surface area contributed by atoms with Crippen LogP contribution in [0.25, 0.3) is 49.4 Å². The van der Waals surface area contributed by atoms with Gasteiger partial charge in [-0.15, -0.1) is 0 Å². The largest absolute Gasteiger partial charge is 0.310 e. The number of para-hydroxylation sites is 2. The predicted octanol–water partition coefficient (Wildman–Crippen LogP) is 14.1. The van der Waals surface area contributed by atoms with Gasteiger partial charge in [-0.1, -0.05) is 122 Å². The molecule has 2 nitrogen and oxygen atoms in total. The van der Waals surface area contributed by atoms with Crippen LogP contribution in [0.15, 0.2) is 176 Å². The molecule has 0 spiro atoms. The fourth-order valence-electron chi connectivity index (χ4n) is 11.3. The number of allylic oxidation sites excluding steroid dienone is 2. The van der Waals surface area contributed by atoms with Gasteiger partial charge in [-0.25, -0.2) is 0 Å². The maximum Gasteiger partial charge on any atom is 0.0547 e. The van der Waals surface area contributed by atoms with E-state index in [0.717, 1.165) is 0 Å². The Kier molecular flexibility index (Phi) is 7.08. The van der Waals surface area contributed by atoms with E-state index >= 15 is 0 Å². The second-order valence-electron chi connectivity index (χ2n) is 16.8. The lowest BCUT2D eigenvalue weighted by Gasteiger charge is -2.54. The van der Waals surface area contributed by atoms with Crippen molar-refractivity contribution < 1.29 is 0 Å². The van der Waals surface area contributed by atoms with E-state index in [4.69, 9.17) is 0 Å². The summed E-state index contributed by atoms with van der Waals surface area (Å²) in [5, 5.41) is 5.17. The molecule has 0 radical (unpaired) electrons. The number of benzene rings is 7.